The molecular formula is C19H33N5O10. The van der Waals surface area contributed by atoms with Crippen molar-refractivity contribution >= 4 is 11.8 Å². The Hall–Kier alpha value is -2.07. The maximum absolute atomic E-state index is 12.7. The lowest BCUT2D eigenvalue weighted by Gasteiger charge is -2.47. The minimum Gasteiger partial charge on any atom is -0.394 e. The van der Waals surface area contributed by atoms with Gasteiger partial charge >= 0.3 is 0 Å². The van der Waals surface area contributed by atoms with Crippen molar-refractivity contribution in [1.82, 2.24) is 10.6 Å². The molecule has 0 aromatic heterocycles. The molecule has 2 fully saturated rings. The van der Waals surface area contributed by atoms with Crippen molar-refractivity contribution in [2.24, 2.45) is 5.11 Å². The summed E-state index contributed by atoms with van der Waals surface area (Å²) in [5, 5.41) is 49.9. The predicted molar refractivity (Wildman–Crippen MR) is 113 cm³/mol. The molecule has 2 aliphatic heterocycles. The van der Waals surface area contributed by atoms with Gasteiger partial charge in [0.1, 0.15) is 36.6 Å². The number of nitrogens with one attached hydrogen (secondary N) is 2. The third kappa shape index (κ3) is 6.75. The maximum Gasteiger partial charge on any atom is 0.252 e. The van der Waals surface area contributed by atoms with Gasteiger partial charge in [0.15, 0.2) is 12.4 Å². The van der Waals surface area contributed by atoms with Gasteiger partial charge in [-0.15, -0.1) is 0 Å². The van der Waals surface area contributed by atoms with Gasteiger partial charge in [-0.2, -0.15) is 0 Å². The summed E-state index contributed by atoms with van der Waals surface area (Å²) >= 11 is 0. The quantitative estimate of drug-likeness (QED) is 0.0802. The Labute approximate surface area is 195 Å². The fourth-order valence-electron chi connectivity index (χ4n) is 3.97. The lowest BCUT2D eigenvalue weighted by Crippen LogP contribution is -2.68. The van der Waals surface area contributed by atoms with Crippen molar-refractivity contribution in [1.29, 1.82) is 0 Å². The van der Waals surface area contributed by atoms with Crippen LogP contribution in [0.3, 0.4) is 0 Å². The van der Waals surface area contributed by atoms with Crippen LogP contribution in [0, 0.1) is 0 Å². The summed E-state index contributed by atoms with van der Waals surface area (Å²) in [7, 11) is 1.23. The molecule has 0 aromatic carbocycles. The molecule has 0 bridgehead atoms. The molecule has 194 valence electrons. The molecule has 0 aliphatic carbocycles. The van der Waals surface area contributed by atoms with E-state index in [-0.39, 0.29) is 13.1 Å². The molecule has 15 nitrogen and oxygen atoms in total. The largest absolute Gasteiger partial charge is 0.394 e. The van der Waals surface area contributed by atoms with Crippen LogP contribution in [0.4, 0.5) is 0 Å². The maximum atomic E-state index is 12.7. The van der Waals surface area contributed by atoms with Gasteiger partial charge < -0.3 is 50.0 Å². The van der Waals surface area contributed by atoms with Crippen molar-refractivity contribution < 1.29 is 49.0 Å². The Morgan fingerprint density at radius 3 is 2.44 bits per heavy atom. The standard InChI is InChI=1S/C19H33N5O10/c1-8-11(23-9(2)26)15(12(27)10(7-25)32-8)33-19-14(29)13(28)16(31-3)17(34-19)18(30)21-5-4-6-22-24-20/h8,10-17,19,25,27-29H,4-7H2,1-3H3,(H,21,30)(H,23,26)/t8-,10?,11?,12+,13+,14?,15+,16-,17?,19+/m0/s1. The van der Waals surface area contributed by atoms with Crippen LogP contribution < -0.4 is 10.6 Å². The Balaban J connectivity index is 2.19. The van der Waals surface area contributed by atoms with Crippen LogP contribution in [0.25, 0.3) is 10.4 Å². The van der Waals surface area contributed by atoms with E-state index in [9.17, 15) is 30.0 Å². The fourth-order valence-corrected chi connectivity index (χ4v) is 3.97. The summed E-state index contributed by atoms with van der Waals surface area (Å²) in [5.74, 6) is -1.11. The highest BCUT2D eigenvalue weighted by Gasteiger charge is 2.52. The Morgan fingerprint density at radius 2 is 1.85 bits per heavy atom. The van der Waals surface area contributed by atoms with Crippen molar-refractivity contribution in [3.8, 4) is 0 Å². The summed E-state index contributed by atoms with van der Waals surface area (Å²) in [6.07, 6.45) is -11.5. The van der Waals surface area contributed by atoms with E-state index in [2.05, 4.69) is 20.7 Å². The number of rotatable bonds is 10. The van der Waals surface area contributed by atoms with Gasteiger partial charge in [-0.1, -0.05) is 5.11 Å². The van der Waals surface area contributed by atoms with E-state index < -0.39 is 79.6 Å². The number of methoxy groups -OCH3 is 1. The minimum atomic E-state index is -1.67. The first kappa shape index (κ1) is 28.2. The first-order valence-corrected chi connectivity index (χ1v) is 10.9. The smallest absolute Gasteiger partial charge is 0.252 e. The van der Waals surface area contributed by atoms with E-state index in [4.69, 9.17) is 24.5 Å². The average Bonchev–Trinajstić information content (AvgIpc) is 2.80. The zero-order valence-electron chi connectivity index (χ0n) is 19.2. The second kappa shape index (κ2) is 13.1. The summed E-state index contributed by atoms with van der Waals surface area (Å²) in [6, 6.07) is -0.892. The fraction of sp³-hybridized carbons (Fsp3) is 0.895. The number of carbonyl (C=O) groups is 2. The number of hydrogen-bond acceptors (Lipinski definition) is 11. The van der Waals surface area contributed by atoms with Gasteiger partial charge in [-0.05, 0) is 18.9 Å². The number of ether oxygens (including phenoxy) is 4. The highest BCUT2D eigenvalue weighted by atomic mass is 16.7. The summed E-state index contributed by atoms with van der Waals surface area (Å²) in [6.45, 7) is 2.64. The highest BCUT2D eigenvalue weighted by molar-refractivity contribution is 5.81. The van der Waals surface area contributed by atoms with E-state index in [1.165, 1.54) is 14.0 Å². The second-order valence-corrected chi connectivity index (χ2v) is 8.09. The minimum absolute atomic E-state index is 0.150. The number of aliphatic hydroxyl groups is 4. The summed E-state index contributed by atoms with van der Waals surface area (Å²) < 4.78 is 22.1. The number of amides is 2. The molecule has 0 spiro atoms. The van der Waals surface area contributed by atoms with Crippen LogP contribution in [0.15, 0.2) is 5.11 Å². The molecule has 34 heavy (non-hydrogen) atoms. The molecule has 2 aliphatic rings. The van der Waals surface area contributed by atoms with Gasteiger partial charge in [0.05, 0.1) is 18.8 Å². The Bertz CT molecular complexity index is 738. The lowest BCUT2D eigenvalue weighted by atomic mass is 9.92. The molecular weight excluding hydrogens is 458 g/mol. The molecule has 2 rings (SSSR count). The molecule has 15 heteroatoms. The van der Waals surface area contributed by atoms with E-state index in [1.807, 2.05) is 0 Å². The third-order valence-electron chi connectivity index (χ3n) is 5.68. The number of carbonyl (C=O) groups excluding carboxylic acids is 2. The first-order chi connectivity index (χ1) is 16.2. The topological polar surface area (TPSA) is 225 Å². The average molecular weight is 491 g/mol. The van der Waals surface area contributed by atoms with E-state index in [0.29, 0.717) is 6.42 Å². The predicted octanol–water partition coefficient (Wildman–Crippen LogP) is -2.70. The zero-order valence-corrected chi connectivity index (χ0v) is 19.2. The van der Waals surface area contributed by atoms with E-state index >= 15 is 0 Å². The molecule has 6 N–H and O–H groups in total. The number of aliphatic hydroxyl groups excluding tert-OH is 4. The van der Waals surface area contributed by atoms with Crippen LogP contribution in [0.5, 0.6) is 0 Å². The number of hydrogen-bond donors (Lipinski definition) is 6. The molecule has 0 radical (unpaired) electrons. The number of nitrogens with zero attached hydrogens (tertiary/aromatic N) is 3. The second-order valence-electron chi connectivity index (χ2n) is 8.09. The van der Waals surface area contributed by atoms with Crippen LogP contribution >= 0.6 is 0 Å². The molecule has 0 saturated carbocycles. The third-order valence-corrected chi connectivity index (χ3v) is 5.68. The van der Waals surface area contributed by atoms with Gasteiger partial charge in [-0.3, -0.25) is 9.59 Å². The highest BCUT2D eigenvalue weighted by Crippen LogP contribution is 2.30. The Kier molecular flexibility index (Phi) is 10.9. The van der Waals surface area contributed by atoms with Crippen molar-refractivity contribution in [3.05, 3.63) is 10.4 Å². The van der Waals surface area contributed by atoms with Gasteiger partial charge in [-0.25, -0.2) is 0 Å². The van der Waals surface area contributed by atoms with Crippen LogP contribution in [0.2, 0.25) is 0 Å². The van der Waals surface area contributed by atoms with Gasteiger partial charge in [0.2, 0.25) is 5.91 Å². The zero-order chi connectivity index (χ0) is 25.4. The lowest BCUT2D eigenvalue weighted by molar-refractivity contribution is -0.325. The van der Waals surface area contributed by atoms with Crippen LogP contribution in [0.1, 0.15) is 20.3 Å². The summed E-state index contributed by atoms with van der Waals surface area (Å²) in [4.78, 5) is 27.0. The molecule has 0 aromatic rings. The van der Waals surface area contributed by atoms with Gasteiger partial charge in [0, 0.05) is 32.0 Å². The van der Waals surface area contributed by atoms with Gasteiger partial charge in [0.25, 0.3) is 5.91 Å². The molecule has 2 heterocycles. The first-order valence-electron chi connectivity index (χ1n) is 10.9. The monoisotopic (exact) mass is 491 g/mol. The molecule has 2 amide bonds. The van der Waals surface area contributed by atoms with E-state index in [1.54, 1.807) is 6.92 Å². The number of azide groups is 1. The molecule has 4 unspecified atom stereocenters. The van der Waals surface area contributed by atoms with Crippen molar-refractivity contribution in [2.45, 2.75) is 81.4 Å². The molecule has 10 atom stereocenters. The summed E-state index contributed by atoms with van der Waals surface area (Å²) in [5.41, 5.74) is 8.30. The van der Waals surface area contributed by atoms with E-state index in [0.717, 1.165) is 0 Å². The molecule has 2 saturated heterocycles. The van der Waals surface area contributed by atoms with Crippen LogP contribution in [-0.2, 0) is 28.5 Å². The SMILES string of the molecule is CO[C@@H]1C(C(=O)NCCCN=[N+]=[N-])O[C@@H](O[C@@H]2C(NC(C)=O)[C@H](C)OC(CO)[C@H]2O)C(O)[C@H]1O. The van der Waals surface area contributed by atoms with Crippen molar-refractivity contribution in [3.63, 3.8) is 0 Å². The van der Waals surface area contributed by atoms with Crippen molar-refractivity contribution in [2.75, 3.05) is 26.8 Å². The van der Waals surface area contributed by atoms with Crippen LogP contribution in [-0.4, -0.2) is 120 Å². The normalized spacial score (nSPS) is 38.0. The Morgan fingerprint density at radius 1 is 1.15 bits per heavy atom.